The Morgan fingerprint density at radius 2 is 1.31 bits per heavy atom. The second kappa shape index (κ2) is 4.73. The van der Waals surface area contributed by atoms with Crippen molar-refractivity contribution in [3.05, 3.63) is 83.7 Å². The highest BCUT2D eigenvalue weighted by atomic mass is 16.7. The molecule has 148 valence electrons. The molecule has 2 heterocycles. The van der Waals surface area contributed by atoms with Crippen molar-refractivity contribution in [3.63, 3.8) is 0 Å². The SMILES string of the molecule is O=c1n(-c2ccccc2)c(=O)n2n1[C@H]1C[C@H]2[C@]2([N+](=O)[O-])[C@H]3C=C[C@@H](C3)[C@]12[N+](=O)[O-]. The molecule has 11 heteroatoms. The van der Waals surface area contributed by atoms with Gasteiger partial charge in [-0.3, -0.25) is 20.2 Å². The van der Waals surface area contributed by atoms with Gasteiger partial charge in [0.2, 0.25) is 0 Å². The Morgan fingerprint density at radius 3 is 1.76 bits per heavy atom. The fourth-order valence-electron chi connectivity index (χ4n) is 6.76. The molecule has 29 heavy (non-hydrogen) atoms. The average Bonchev–Trinajstić information content (AvgIpc) is 3.46. The molecule has 0 amide bonds. The van der Waals surface area contributed by atoms with E-state index in [1.807, 2.05) is 0 Å². The lowest BCUT2D eigenvalue weighted by molar-refractivity contribution is -0.693. The van der Waals surface area contributed by atoms with Crippen molar-refractivity contribution in [2.24, 2.45) is 11.8 Å². The van der Waals surface area contributed by atoms with Gasteiger partial charge in [-0.15, -0.1) is 0 Å². The van der Waals surface area contributed by atoms with Crippen molar-refractivity contribution in [1.29, 1.82) is 0 Å². The average molecular weight is 397 g/mol. The first-order valence-electron chi connectivity index (χ1n) is 9.37. The molecule has 0 unspecified atom stereocenters. The van der Waals surface area contributed by atoms with Gasteiger partial charge in [-0.2, -0.15) is 0 Å². The van der Waals surface area contributed by atoms with E-state index in [0.717, 1.165) is 13.9 Å². The summed E-state index contributed by atoms with van der Waals surface area (Å²) in [7, 11) is 0. The summed E-state index contributed by atoms with van der Waals surface area (Å²) in [6.45, 7) is 0. The lowest BCUT2D eigenvalue weighted by atomic mass is 9.69. The quantitative estimate of drug-likeness (QED) is 0.321. The molecular formula is C18H15N5O6. The Hall–Kier alpha value is -3.50. The van der Waals surface area contributed by atoms with Crippen molar-refractivity contribution < 1.29 is 9.85 Å². The number of benzene rings is 1. The van der Waals surface area contributed by atoms with Crippen LogP contribution in [0.25, 0.3) is 5.69 Å². The van der Waals surface area contributed by atoms with Gasteiger partial charge in [-0.1, -0.05) is 30.4 Å². The molecule has 6 rings (SSSR count). The number of nitrogens with zero attached hydrogens (tertiary/aromatic N) is 5. The lowest BCUT2D eigenvalue weighted by Crippen LogP contribution is -2.70. The van der Waals surface area contributed by atoms with Crippen molar-refractivity contribution >= 4 is 0 Å². The van der Waals surface area contributed by atoms with Gasteiger partial charge in [0.25, 0.3) is 0 Å². The van der Waals surface area contributed by atoms with Crippen LogP contribution in [-0.2, 0) is 0 Å². The van der Waals surface area contributed by atoms with Crippen LogP contribution in [0.5, 0.6) is 0 Å². The van der Waals surface area contributed by atoms with Crippen LogP contribution in [0.1, 0.15) is 24.9 Å². The van der Waals surface area contributed by atoms with E-state index in [1.165, 1.54) is 0 Å². The molecule has 2 fully saturated rings. The zero-order valence-corrected chi connectivity index (χ0v) is 15.0. The third-order valence-corrected chi connectivity index (χ3v) is 7.53. The maximum Gasteiger partial charge on any atom is 0.352 e. The highest BCUT2D eigenvalue weighted by Crippen LogP contribution is 2.71. The molecule has 11 nitrogen and oxygen atoms in total. The second-order valence-electron chi connectivity index (χ2n) is 8.19. The van der Waals surface area contributed by atoms with Crippen LogP contribution in [0.4, 0.5) is 0 Å². The zero-order chi connectivity index (χ0) is 20.3. The molecule has 6 atom stereocenters. The van der Waals surface area contributed by atoms with Crippen LogP contribution in [-0.4, -0.2) is 34.9 Å². The highest BCUT2D eigenvalue weighted by Gasteiger charge is 2.94. The summed E-state index contributed by atoms with van der Waals surface area (Å²) in [5.74, 6) is -1.28. The summed E-state index contributed by atoms with van der Waals surface area (Å²) in [6.07, 6.45) is 3.69. The summed E-state index contributed by atoms with van der Waals surface area (Å²) >= 11 is 0. The maximum absolute atomic E-state index is 13.2. The lowest BCUT2D eigenvalue weighted by Gasteiger charge is -2.40. The Labute approximate surface area is 161 Å². The van der Waals surface area contributed by atoms with E-state index in [2.05, 4.69) is 0 Å². The second-order valence-corrected chi connectivity index (χ2v) is 8.19. The molecule has 0 spiro atoms. The molecule has 0 radical (unpaired) electrons. The van der Waals surface area contributed by atoms with Gasteiger partial charge in [0, 0.05) is 16.3 Å². The number of hydrogen-bond acceptors (Lipinski definition) is 6. The third-order valence-electron chi connectivity index (χ3n) is 7.53. The van der Waals surface area contributed by atoms with Crippen LogP contribution >= 0.6 is 0 Å². The van der Waals surface area contributed by atoms with Crippen LogP contribution in [0, 0.1) is 32.1 Å². The minimum absolute atomic E-state index is 0.0384. The van der Waals surface area contributed by atoms with E-state index in [4.69, 9.17) is 0 Å². The summed E-state index contributed by atoms with van der Waals surface area (Å²) < 4.78 is 3.16. The highest BCUT2D eigenvalue weighted by molar-refractivity contribution is 5.38. The molecule has 3 aliphatic carbocycles. The Bertz CT molecular complexity index is 1180. The molecule has 4 aliphatic rings. The van der Waals surface area contributed by atoms with E-state index < -0.39 is 56.2 Å². The van der Waals surface area contributed by atoms with Crippen molar-refractivity contribution in [2.45, 2.75) is 36.0 Å². The maximum atomic E-state index is 13.2. The van der Waals surface area contributed by atoms with E-state index in [0.29, 0.717) is 12.1 Å². The van der Waals surface area contributed by atoms with Gasteiger partial charge < -0.3 is 0 Å². The van der Waals surface area contributed by atoms with E-state index in [1.54, 1.807) is 42.5 Å². The van der Waals surface area contributed by atoms with E-state index in [9.17, 15) is 29.8 Å². The molecular weight excluding hydrogens is 382 g/mol. The van der Waals surface area contributed by atoms with Crippen molar-refractivity contribution in [3.8, 4) is 5.69 Å². The van der Waals surface area contributed by atoms with Gasteiger partial charge in [0.05, 0.1) is 17.5 Å². The van der Waals surface area contributed by atoms with Crippen molar-refractivity contribution in [1.82, 2.24) is 13.9 Å². The van der Waals surface area contributed by atoms with Crippen molar-refractivity contribution in [2.75, 3.05) is 0 Å². The molecule has 2 saturated carbocycles. The van der Waals surface area contributed by atoms with E-state index in [-0.39, 0.29) is 6.42 Å². The number of nitro groups is 2. The molecule has 1 aromatic heterocycles. The smallest absolute Gasteiger partial charge is 0.264 e. The van der Waals surface area contributed by atoms with Gasteiger partial charge in [-0.05, 0) is 18.6 Å². The molecule has 1 aliphatic heterocycles. The van der Waals surface area contributed by atoms with Crippen LogP contribution < -0.4 is 11.4 Å². The Morgan fingerprint density at radius 1 is 0.828 bits per heavy atom. The number of rotatable bonds is 3. The minimum atomic E-state index is -1.93. The molecule has 1 aromatic carbocycles. The van der Waals surface area contributed by atoms with Gasteiger partial charge >= 0.3 is 22.5 Å². The zero-order valence-electron chi connectivity index (χ0n) is 15.0. The molecule has 2 aromatic rings. The van der Waals surface area contributed by atoms with Crippen LogP contribution in [0.15, 0.2) is 52.1 Å². The standard InChI is InChI=1S/C18H15N5O6/c24-15-19(12-4-2-1-3-5-12)16(25)21-14-9-13(20(15)21)17(22(26)27)10-6-7-11(8-10)18(14,17)23(28)29/h1-7,10-11,13-14H,8-9H2/t10-,11-,13-,14-,17-,18+/m0/s1. The molecule has 4 bridgehead atoms. The van der Waals surface area contributed by atoms with E-state index >= 15 is 0 Å². The first-order valence-corrected chi connectivity index (χ1v) is 9.37. The first-order chi connectivity index (χ1) is 13.9. The fraction of sp³-hybridized carbons (Fsp3) is 0.444. The summed E-state index contributed by atoms with van der Waals surface area (Å²) in [5, 5.41) is 24.9. The summed E-state index contributed by atoms with van der Waals surface area (Å²) in [5.41, 5.74) is -4.93. The van der Waals surface area contributed by atoms with Gasteiger partial charge in [-0.25, -0.2) is 23.5 Å². The van der Waals surface area contributed by atoms with Crippen LogP contribution in [0.2, 0.25) is 0 Å². The molecule has 0 N–H and O–H groups in total. The minimum Gasteiger partial charge on any atom is -0.264 e. The number of fused-ring (bicyclic) bond motifs is 12. The largest absolute Gasteiger partial charge is 0.352 e. The summed E-state index contributed by atoms with van der Waals surface area (Å²) in [6, 6.07) is 6.14. The number of para-hydroxylation sites is 1. The fourth-order valence-corrected chi connectivity index (χ4v) is 6.76. The monoisotopic (exact) mass is 397 g/mol. The number of hydrogen-bond donors (Lipinski definition) is 0. The van der Waals surface area contributed by atoms with Gasteiger partial charge in [0.1, 0.15) is 12.1 Å². The summed E-state index contributed by atoms with van der Waals surface area (Å²) in [4.78, 5) is 50.2. The topological polar surface area (TPSA) is 135 Å². The Kier molecular flexibility index (Phi) is 2.68. The number of aromatic nitrogens is 3. The Balaban J connectivity index is 1.71. The normalized spacial score (nSPS) is 37.7. The molecule has 0 saturated heterocycles. The van der Waals surface area contributed by atoms with Crippen LogP contribution in [0.3, 0.4) is 0 Å². The van der Waals surface area contributed by atoms with Gasteiger partial charge in [0.15, 0.2) is 0 Å². The third kappa shape index (κ3) is 1.39. The predicted molar refractivity (Wildman–Crippen MR) is 97.2 cm³/mol. The predicted octanol–water partition coefficient (Wildman–Crippen LogP) is 0.537. The first kappa shape index (κ1) is 16.5.